The first-order chi connectivity index (χ1) is 11.1. The molecule has 4 nitrogen and oxygen atoms in total. The molecule has 0 aliphatic carbocycles. The molecule has 0 aliphatic rings. The number of hydrogen-bond acceptors (Lipinski definition) is 2. The van der Waals surface area contributed by atoms with Gasteiger partial charge in [0, 0.05) is 18.1 Å². The molecule has 0 aromatic heterocycles. The van der Waals surface area contributed by atoms with E-state index < -0.39 is 11.8 Å². The molecule has 120 valence electrons. The van der Waals surface area contributed by atoms with Crippen molar-refractivity contribution >= 4 is 23.4 Å². The van der Waals surface area contributed by atoms with E-state index in [4.69, 9.17) is 11.6 Å². The number of halogens is 1. The highest BCUT2D eigenvalue weighted by Crippen LogP contribution is 2.10. The molecule has 0 unspecified atom stereocenters. The van der Waals surface area contributed by atoms with Gasteiger partial charge in [-0.3, -0.25) is 9.59 Å². The average Bonchev–Trinajstić information content (AvgIpc) is 2.55. The van der Waals surface area contributed by atoms with Crippen molar-refractivity contribution in [3.05, 3.63) is 70.7 Å². The van der Waals surface area contributed by atoms with Crippen LogP contribution in [0.1, 0.15) is 11.1 Å². The molecule has 0 spiro atoms. The molecule has 0 atom stereocenters. The monoisotopic (exact) mass is 330 g/mol. The molecule has 0 saturated carbocycles. The lowest BCUT2D eigenvalue weighted by Gasteiger charge is -2.07. The fourth-order valence-corrected chi connectivity index (χ4v) is 2.35. The Morgan fingerprint density at radius 3 is 1.96 bits per heavy atom. The molecular weight excluding hydrogens is 312 g/mol. The van der Waals surface area contributed by atoms with Gasteiger partial charge in [0.05, 0.1) is 0 Å². The third-order valence-electron chi connectivity index (χ3n) is 3.34. The Labute approximate surface area is 140 Å². The number of rotatable bonds is 6. The molecular formula is C18H19ClN2O2. The van der Waals surface area contributed by atoms with Gasteiger partial charge in [0.15, 0.2) is 0 Å². The summed E-state index contributed by atoms with van der Waals surface area (Å²) in [5.41, 5.74) is 2.14. The van der Waals surface area contributed by atoms with Crippen LogP contribution in [-0.4, -0.2) is 24.9 Å². The van der Waals surface area contributed by atoms with E-state index in [0.29, 0.717) is 31.0 Å². The molecule has 2 rings (SSSR count). The van der Waals surface area contributed by atoms with Crippen molar-refractivity contribution in [1.29, 1.82) is 0 Å². The molecule has 0 saturated heterocycles. The number of hydrogen-bond donors (Lipinski definition) is 2. The maximum Gasteiger partial charge on any atom is 0.309 e. The standard InChI is InChI=1S/C18H19ClN2O2/c19-16-8-4-7-15(13-16)10-12-21-18(23)17(22)20-11-9-14-5-2-1-3-6-14/h1-8,13H,9-12H2,(H,20,22)(H,21,23). The SMILES string of the molecule is O=C(NCCc1ccccc1)C(=O)NCCc1cccc(Cl)c1. The van der Waals surface area contributed by atoms with Crippen LogP contribution in [0.3, 0.4) is 0 Å². The number of nitrogens with one attached hydrogen (secondary N) is 2. The first kappa shape index (κ1) is 17.0. The second-order valence-corrected chi connectivity index (χ2v) is 5.56. The Balaban J connectivity index is 1.65. The lowest BCUT2D eigenvalue weighted by molar-refractivity contribution is -0.139. The highest BCUT2D eigenvalue weighted by atomic mass is 35.5. The summed E-state index contributed by atoms with van der Waals surface area (Å²) in [6, 6.07) is 17.2. The van der Waals surface area contributed by atoms with E-state index in [2.05, 4.69) is 10.6 Å². The third kappa shape index (κ3) is 6.12. The molecule has 23 heavy (non-hydrogen) atoms. The van der Waals surface area contributed by atoms with Gasteiger partial charge in [-0.15, -0.1) is 0 Å². The van der Waals surface area contributed by atoms with Crippen molar-refractivity contribution in [3.63, 3.8) is 0 Å². The zero-order chi connectivity index (χ0) is 16.5. The molecule has 2 aromatic rings. The summed E-state index contributed by atoms with van der Waals surface area (Å²) in [6.07, 6.45) is 1.33. The Hall–Kier alpha value is -2.33. The summed E-state index contributed by atoms with van der Waals surface area (Å²) in [6.45, 7) is 0.829. The molecule has 5 heteroatoms. The van der Waals surface area contributed by atoms with Crippen molar-refractivity contribution in [1.82, 2.24) is 10.6 Å². The molecule has 0 heterocycles. The van der Waals surface area contributed by atoms with Gasteiger partial charge >= 0.3 is 11.8 Å². The van der Waals surface area contributed by atoms with Crippen molar-refractivity contribution < 1.29 is 9.59 Å². The van der Waals surface area contributed by atoms with Gasteiger partial charge in [-0.2, -0.15) is 0 Å². The highest BCUT2D eigenvalue weighted by Gasteiger charge is 2.11. The number of benzene rings is 2. The molecule has 0 fully saturated rings. The maximum atomic E-state index is 11.7. The second kappa shape index (κ2) is 8.96. The van der Waals surface area contributed by atoms with Crippen LogP contribution in [0.25, 0.3) is 0 Å². The quantitative estimate of drug-likeness (QED) is 0.799. The fourth-order valence-electron chi connectivity index (χ4n) is 2.14. The van der Waals surface area contributed by atoms with Gasteiger partial charge in [0.1, 0.15) is 0 Å². The normalized spacial score (nSPS) is 10.1. The van der Waals surface area contributed by atoms with Crippen LogP contribution in [-0.2, 0) is 22.4 Å². The van der Waals surface area contributed by atoms with E-state index in [0.717, 1.165) is 11.1 Å². The van der Waals surface area contributed by atoms with E-state index in [1.807, 2.05) is 48.5 Å². The van der Waals surface area contributed by atoms with Gasteiger partial charge in [0.25, 0.3) is 0 Å². The van der Waals surface area contributed by atoms with Crippen molar-refractivity contribution in [2.75, 3.05) is 13.1 Å². The number of carbonyl (C=O) groups is 2. The van der Waals surface area contributed by atoms with Crippen LogP contribution >= 0.6 is 11.6 Å². The molecule has 2 aromatic carbocycles. The first-order valence-corrected chi connectivity index (χ1v) is 7.87. The topological polar surface area (TPSA) is 58.2 Å². The van der Waals surface area contributed by atoms with Gasteiger partial charge in [0.2, 0.25) is 0 Å². The predicted molar refractivity (Wildman–Crippen MR) is 91.3 cm³/mol. The Morgan fingerprint density at radius 1 is 0.783 bits per heavy atom. The minimum Gasteiger partial charge on any atom is -0.348 e. The van der Waals surface area contributed by atoms with Crippen molar-refractivity contribution in [3.8, 4) is 0 Å². The van der Waals surface area contributed by atoms with Crippen molar-refractivity contribution in [2.24, 2.45) is 0 Å². The highest BCUT2D eigenvalue weighted by molar-refractivity contribution is 6.35. The van der Waals surface area contributed by atoms with E-state index in [1.165, 1.54) is 0 Å². The van der Waals surface area contributed by atoms with Gasteiger partial charge < -0.3 is 10.6 Å². The minimum absolute atomic E-state index is 0.394. The summed E-state index contributed by atoms with van der Waals surface area (Å²) in [5, 5.41) is 5.88. The summed E-state index contributed by atoms with van der Waals surface area (Å²) < 4.78 is 0. The smallest absolute Gasteiger partial charge is 0.309 e. The first-order valence-electron chi connectivity index (χ1n) is 7.49. The number of carbonyl (C=O) groups excluding carboxylic acids is 2. The van der Waals surface area contributed by atoms with Crippen LogP contribution in [0.2, 0.25) is 5.02 Å². The fraction of sp³-hybridized carbons (Fsp3) is 0.222. The molecule has 0 radical (unpaired) electrons. The Bertz CT molecular complexity index is 659. The van der Waals surface area contributed by atoms with E-state index in [1.54, 1.807) is 6.07 Å². The third-order valence-corrected chi connectivity index (χ3v) is 3.57. The molecule has 0 aliphatic heterocycles. The van der Waals surface area contributed by atoms with E-state index in [-0.39, 0.29) is 0 Å². The second-order valence-electron chi connectivity index (χ2n) is 5.13. The molecule has 0 bridgehead atoms. The maximum absolute atomic E-state index is 11.7. The zero-order valence-electron chi connectivity index (χ0n) is 12.7. The summed E-state index contributed by atoms with van der Waals surface area (Å²) in [4.78, 5) is 23.4. The van der Waals surface area contributed by atoms with E-state index in [9.17, 15) is 9.59 Å². The minimum atomic E-state index is -0.611. The summed E-state index contributed by atoms with van der Waals surface area (Å²) >= 11 is 5.89. The zero-order valence-corrected chi connectivity index (χ0v) is 13.5. The van der Waals surface area contributed by atoms with Gasteiger partial charge in [-0.25, -0.2) is 0 Å². The average molecular weight is 331 g/mol. The lowest BCUT2D eigenvalue weighted by Crippen LogP contribution is -2.41. The van der Waals surface area contributed by atoms with Crippen LogP contribution in [0, 0.1) is 0 Å². The van der Waals surface area contributed by atoms with Gasteiger partial charge in [-0.05, 0) is 36.1 Å². The Morgan fingerprint density at radius 2 is 1.35 bits per heavy atom. The lowest BCUT2D eigenvalue weighted by atomic mass is 10.1. The summed E-state index contributed by atoms with van der Waals surface area (Å²) in [5.74, 6) is -1.22. The van der Waals surface area contributed by atoms with Crippen molar-refractivity contribution in [2.45, 2.75) is 12.8 Å². The van der Waals surface area contributed by atoms with Gasteiger partial charge in [-0.1, -0.05) is 54.1 Å². The Kier molecular flexibility index (Phi) is 6.63. The summed E-state index contributed by atoms with van der Waals surface area (Å²) in [7, 11) is 0. The molecule has 2 amide bonds. The predicted octanol–water partition coefficient (Wildman–Crippen LogP) is 2.36. The van der Waals surface area contributed by atoms with Crippen LogP contribution < -0.4 is 10.6 Å². The van der Waals surface area contributed by atoms with Crippen LogP contribution in [0.5, 0.6) is 0 Å². The van der Waals surface area contributed by atoms with Crippen LogP contribution in [0.4, 0.5) is 0 Å². The largest absolute Gasteiger partial charge is 0.348 e. The van der Waals surface area contributed by atoms with E-state index >= 15 is 0 Å². The number of amides is 2. The molecule has 2 N–H and O–H groups in total. The van der Waals surface area contributed by atoms with Crippen LogP contribution in [0.15, 0.2) is 54.6 Å².